The summed E-state index contributed by atoms with van der Waals surface area (Å²) in [7, 11) is -1.89. The zero-order chi connectivity index (χ0) is 19.9. The largest absolute Gasteiger partial charge is 0.413 e. The first kappa shape index (κ1) is 21.8. The van der Waals surface area contributed by atoms with E-state index in [4.69, 9.17) is 4.43 Å². The van der Waals surface area contributed by atoms with Crippen molar-refractivity contribution in [2.24, 2.45) is 0 Å². The summed E-state index contributed by atoms with van der Waals surface area (Å²) in [6.45, 7) is 12.1. The van der Waals surface area contributed by atoms with Gasteiger partial charge in [0.15, 0.2) is 8.32 Å². The van der Waals surface area contributed by atoms with Crippen LogP contribution in [0.25, 0.3) is 0 Å². The molecule has 0 amide bonds. The van der Waals surface area contributed by atoms with Crippen molar-refractivity contribution >= 4 is 8.32 Å². The van der Waals surface area contributed by atoms with E-state index in [2.05, 4.69) is 87.7 Å². The third-order valence-electron chi connectivity index (χ3n) is 5.53. The van der Waals surface area contributed by atoms with E-state index in [9.17, 15) is 5.11 Å². The van der Waals surface area contributed by atoms with Gasteiger partial charge in [0.25, 0.3) is 0 Å². The molecule has 4 heteroatoms. The first-order chi connectivity index (χ1) is 12.7. The SMILES string of the molecule is CC(C)(C)[Si](C)(C)OC(CCO)CNC(c1ccccc1)c1ccccc1. The smallest absolute Gasteiger partial charge is 0.192 e. The Bertz CT molecular complexity index is 628. The molecule has 0 aliphatic carbocycles. The Morgan fingerprint density at radius 3 is 1.81 bits per heavy atom. The Labute approximate surface area is 165 Å². The van der Waals surface area contributed by atoms with Crippen LogP contribution in [-0.2, 0) is 4.43 Å². The van der Waals surface area contributed by atoms with Crippen LogP contribution in [0.1, 0.15) is 44.4 Å². The van der Waals surface area contributed by atoms with E-state index in [1.165, 1.54) is 11.1 Å². The molecule has 0 aliphatic rings. The van der Waals surface area contributed by atoms with Crippen molar-refractivity contribution in [3.05, 3.63) is 71.8 Å². The summed E-state index contributed by atoms with van der Waals surface area (Å²) in [5.74, 6) is 0. The minimum atomic E-state index is -1.89. The standard InChI is InChI=1S/C23H35NO2Si/c1-23(2,3)27(4,5)26-21(16-17-25)18-24-22(19-12-8-6-9-13-19)20-14-10-7-11-15-20/h6-15,21-22,24-25H,16-18H2,1-5H3. The van der Waals surface area contributed by atoms with Crippen molar-refractivity contribution in [2.45, 2.75) is 57.5 Å². The van der Waals surface area contributed by atoms with Gasteiger partial charge in [-0.1, -0.05) is 81.4 Å². The molecule has 2 rings (SSSR count). The zero-order valence-corrected chi connectivity index (χ0v) is 18.4. The topological polar surface area (TPSA) is 41.5 Å². The molecule has 0 fully saturated rings. The minimum Gasteiger partial charge on any atom is -0.413 e. The fraction of sp³-hybridized carbons (Fsp3) is 0.478. The Morgan fingerprint density at radius 2 is 1.41 bits per heavy atom. The van der Waals surface area contributed by atoms with Crippen molar-refractivity contribution in [1.82, 2.24) is 5.32 Å². The van der Waals surface area contributed by atoms with Gasteiger partial charge in [-0.15, -0.1) is 0 Å². The molecule has 2 aromatic rings. The van der Waals surface area contributed by atoms with E-state index in [-0.39, 0.29) is 23.8 Å². The highest BCUT2D eigenvalue weighted by atomic mass is 28.4. The second kappa shape index (κ2) is 9.65. The zero-order valence-electron chi connectivity index (χ0n) is 17.4. The first-order valence-corrected chi connectivity index (χ1v) is 12.8. The third kappa shape index (κ3) is 6.28. The molecule has 0 heterocycles. The molecule has 0 saturated heterocycles. The van der Waals surface area contributed by atoms with E-state index in [0.29, 0.717) is 13.0 Å². The average molecular weight is 386 g/mol. The highest BCUT2D eigenvalue weighted by Gasteiger charge is 2.39. The Morgan fingerprint density at radius 1 is 0.926 bits per heavy atom. The van der Waals surface area contributed by atoms with Gasteiger partial charge < -0.3 is 14.8 Å². The molecular weight excluding hydrogens is 350 g/mol. The number of aliphatic hydroxyl groups is 1. The Hall–Kier alpha value is -1.46. The molecule has 27 heavy (non-hydrogen) atoms. The molecule has 0 radical (unpaired) electrons. The normalized spacial score (nSPS) is 13.7. The van der Waals surface area contributed by atoms with E-state index in [0.717, 1.165) is 0 Å². The van der Waals surface area contributed by atoms with Crippen LogP contribution >= 0.6 is 0 Å². The van der Waals surface area contributed by atoms with Crippen molar-refractivity contribution in [3.8, 4) is 0 Å². The van der Waals surface area contributed by atoms with Crippen LogP contribution in [0.15, 0.2) is 60.7 Å². The number of benzene rings is 2. The van der Waals surface area contributed by atoms with E-state index < -0.39 is 8.32 Å². The molecular formula is C23H35NO2Si. The van der Waals surface area contributed by atoms with E-state index >= 15 is 0 Å². The number of hydrogen-bond acceptors (Lipinski definition) is 3. The number of rotatable bonds is 9. The summed E-state index contributed by atoms with van der Waals surface area (Å²) < 4.78 is 6.58. The summed E-state index contributed by atoms with van der Waals surface area (Å²) in [5, 5.41) is 13.4. The van der Waals surface area contributed by atoms with Gasteiger partial charge in [-0.2, -0.15) is 0 Å². The highest BCUT2D eigenvalue weighted by Crippen LogP contribution is 2.37. The molecule has 148 valence electrons. The number of aliphatic hydroxyl groups excluding tert-OH is 1. The average Bonchev–Trinajstić information content (AvgIpc) is 2.62. The lowest BCUT2D eigenvalue weighted by Crippen LogP contribution is -2.47. The van der Waals surface area contributed by atoms with Gasteiger partial charge in [0.05, 0.1) is 12.1 Å². The van der Waals surface area contributed by atoms with Crippen molar-refractivity contribution < 1.29 is 9.53 Å². The number of hydrogen-bond donors (Lipinski definition) is 2. The van der Waals surface area contributed by atoms with Crippen LogP contribution in [0.5, 0.6) is 0 Å². The number of nitrogens with one attached hydrogen (secondary N) is 1. The first-order valence-electron chi connectivity index (χ1n) is 9.86. The molecule has 2 aromatic carbocycles. The summed E-state index contributed by atoms with van der Waals surface area (Å²) in [4.78, 5) is 0. The molecule has 0 spiro atoms. The highest BCUT2D eigenvalue weighted by molar-refractivity contribution is 6.74. The van der Waals surface area contributed by atoms with Crippen LogP contribution < -0.4 is 5.32 Å². The maximum Gasteiger partial charge on any atom is 0.192 e. The monoisotopic (exact) mass is 385 g/mol. The predicted octanol–water partition coefficient (Wildman–Crippen LogP) is 5.14. The maximum atomic E-state index is 9.54. The van der Waals surface area contributed by atoms with Gasteiger partial charge in [0.2, 0.25) is 0 Å². The molecule has 0 bridgehead atoms. The fourth-order valence-electron chi connectivity index (χ4n) is 2.91. The fourth-order valence-corrected chi connectivity index (χ4v) is 4.30. The minimum absolute atomic E-state index is 0.00539. The van der Waals surface area contributed by atoms with E-state index in [1.807, 2.05) is 12.1 Å². The summed E-state index contributed by atoms with van der Waals surface area (Å²) in [6, 6.07) is 21.1. The van der Waals surface area contributed by atoms with Crippen molar-refractivity contribution in [3.63, 3.8) is 0 Å². The lowest BCUT2D eigenvalue weighted by molar-refractivity contribution is 0.136. The molecule has 0 aliphatic heterocycles. The summed E-state index contributed by atoms with van der Waals surface area (Å²) in [6.07, 6.45) is 0.654. The van der Waals surface area contributed by atoms with Crippen LogP contribution in [-0.4, -0.2) is 32.7 Å². The summed E-state index contributed by atoms with van der Waals surface area (Å²) >= 11 is 0. The third-order valence-corrected chi connectivity index (χ3v) is 10.1. The second-order valence-electron chi connectivity index (χ2n) is 8.68. The van der Waals surface area contributed by atoms with Crippen LogP contribution in [0.2, 0.25) is 18.1 Å². The van der Waals surface area contributed by atoms with Gasteiger partial charge in [0, 0.05) is 13.2 Å². The molecule has 0 saturated carbocycles. The Kier molecular flexibility index (Phi) is 7.80. The van der Waals surface area contributed by atoms with Crippen molar-refractivity contribution in [1.29, 1.82) is 0 Å². The lowest BCUT2D eigenvalue weighted by Gasteiger charge is -2.39. The van der Waals surface area contributed by atoms with Gasteiger partial charge in [0.1, 0.15) is 0 Å². The second-order valence-corrected chi connectivity index (χ2v) is 13.4. The molecule has 2 N–H and O–H groups in total. The van der Waals surface area contributed by atoms with E-state index in [1.54, 1.807) is 0 Å². The molecule has 3 nitrogen and oxygen atoms in total. The van der Waals surface area contributed by atoms with Gasteiger partial charge in [-0.05, 0) is 35.7 Å². The molecule has 1 unspecified atom stereocenters. The molecule has 1 atom stereocenters. The Balaban J connectivity index is 2.16. The van der Waals surface area contributed by atoms with Crippen molar-refractivity contribution in [2.75, 3.05) is 13.2 Å². The lowest BCUT2D eigenvalue weighted by atomic mass is 9.98. The van der Waals surface area contributed by atoms with Crippen LogP contribution in [0.4, 0.5) is 0 Å². The van der Waals surface area contributed by atoms with Gasteiger partial charge in [-0.3, -0.25) is 0 Å². The van der Waals surface area contributed by atoms with Gasteiger partial charge >= 0.3 is 0 Å². The maximum absolute atomic E-state index is 9.54. The quantitative estimate of drug-likeness (QED) is 0.587. The van der Waals surface area contributed by atoms with Gasteiger partial charge in [-0.25, -0.2) is 0 Å². The molecule has 0 aromatic heterocycles. The van der Waals surface area contributed by atoms with Crippen LogP contribution in [0.3, 0.4) is 0 Å². The van der Waals surface area contributed by atoms with Crippen LogP contribution in [0, 0.1) is 0 Å². The predicted molar refractivity (Wildman–Crippen MR) is 117 cm³/mol. The summed E-state index contributed by atoms with van der Waals surface area (Å²) in [5.41, 5.74) is 2.47.